The Morgan fingerprint density at radius 2 is 1.86 bits per heavy atom. The summed E-state index contributed by atoms with van der Waals surface area (Å²) in [4.78, 5) is 28.8. The molecule has 0 aliphatic carbocycles. The van der Waals surface area contributed by atoms with Crippen LogP contribution in [0.1, 0.15) is 20.3 Å². The lowest BCUT2D eigenvalue weighted by atomic mass is 10.2. The predicted molar refractivity (Wildman–Crippen MR) is 79.4 cm³/mol. The predicted octanol–water partition coefficient (Wildman–Crippen LogP) is 0.556. The molecule has 1 fully saturated rings. The van der Waals surface area contributed by atoms with Crippen molar-refractivity contribution in [1.29, 1.82) is 0 Å². The molecule has 0 aromatic rings. The molecule has 0 aromatic carbocycles. The van der Waals surface area contributed by atoms with Gasteiger partial charge in [0.1, 0.15) is 0 Å². The molecule has 0 unspecified atom stereocenters. The molecule has 1 N–H and O–H groups in total. The van der Waals surface area contributed by atoms with E-state index in [9.17, 15) is 9.59 Å². The van der Waals surface area contributed by atoms with Crippen LogP contribution < -0.4 is 0 Å². The van der Waals surface area contributed by atoms with Gasteiger partial charge < -0.3 is 19.6 Å². The van der Waals surface area contributed by atoms with Crippen LogP contribution in [-0.4, -0.2) is 90.8 Å². The fourth-order valence-corrected chi connectivity index (χ4v) is 2.36. The SMILES string of the molecule is COCCN(C(=O)N1CCN(CCC(=O)O)CC1)C(C)C. The first kappa shape index (κ1) is 17.7. The number of hydrogen-bond donors (Lipinski definition) is 1. The molecule has 0 radical (unpaired) electrons. The number of methoxy groups -OCH3 is 1. The van der Waals surface area contributed by atoms with Crippen LogP contribution in [0, 0.1) is 0 Å². The molecule has 21 heavy (non-hydrogen) atoms. The number of amides is 2. The number of carbonyl (C=O) groups excluding carboxylic acids is 1. The summed E-state index contributed by atoms with van der Waals surface area (Å²) in [5.41, 5.74) is 0. The normalized spacial score (nSPS) is 16.3. The first-order valence-electron chi connectivity index (χ1n) is 7.44. The summed E-state index contributed by atoms with van der Waals surface area (Å²) in [5, 5.41) is 8.69. The molecule has 1 heterocycles. The summed E-state index contributed by atoms with van der Waals surface area (Å²) in [5.74, 6) is -0.779. The minimum Gasteiger partial charge on any atom is -0.481 e. The second-order valence-electron chi connectivity index (χ2n) is 5.53. The van der Waals surface area contributed by atoms with Gasteiger partial charge in [0.05, 0.1) is 13.0 Å². The van der Waals surface area contributed by atoms with E-state index in [1.165, 1.54) is 0 Å². The van der Waals surface area contributed by atoms with E-state index in [0.717, 1.165) is 13.1 Å². The molecule has 7 heteroatoms. The fraction of sp³-hybridized carbons (Fsp3) is 0.857. The van der Waals surface area contributed by atoms with E-state index in [2.05, 4.69) is 4.90 Å². The van der Waals surface area contributed by atoms with E-state index in [4.69, 9.17) is 9.84 Å². The molecule has 1 saturated heterocycles. The van der Waals surface area contributed by atoms with Crippen molar-refractivity contribution < 1.29 is 19.4 Å². The van der Waals surface area contributed by atoms with Crippen LogP contribution in [0.5, 0.6) is 0 Å². The molecule has 0 bridgehead atoms. The van der Waals surface area contributed by atoms with Crippen LogP contribution in [0.15, 0.2) is 0 Å². The molecule has 7 nitrogen and oxygen atoms in total. The van der Waals surface area contributed by atoms with Crippen molar-refractivity contribution in [2.75, 3.05) is 53.0 Å². The van der Waals surface area contributed by atoms with E-state index in [1.807, 2.05) is 23.6 Å². The third kappa shape index (κ3) is 5.89. The number of carbonyl (C=O) groups is 2. The number of hydrogen-bond acceptors (Lipinski definition) is 4. The molecular weight excluding hydrogens is 274 g/mol. The minimum atomic E-state index is -0.779. The lowest BCUT2D eigenvalue weighted by Gasteiger charge is -2.38. The third-order valence-electron chi connectivity index (χ3n) is 3.69. The Morgan fingerprint density at radius 1 is 1.24 bits per heavy atom. The second-order valence-corrected chi connectivity index (χ2v) is 5.53. The van der Waals surface area contributed by atoms with Crippen LogP contribution in [0.3, 0.4) is 0 Å². The highest BCUT2D eigenvalue weighted by molar-refractivity contribution is 5.75. The Bertz CT molecular complexity index is 341. The lowest BCUT2D eigenvalue weighted by molar-refractivity contribution is -0.137. The van der Waals surface area contributed by atoms with Gasteiger partial charge >= 0.3 is 12.0 Å². The molecule has 0 aromatic heterocycles. The Balaban J connectivity index is 2.44. The molecule has 1 rings (SSSR count). The lowest BCUT2D eigenvalue weighted by Crippen LogP contribution is -2.54. The van der Waals surface area contributed by atoms with E-state index in [1.54, 1.807) is 7.11 Å². The summed E-state index contributed by atoms with van der Waals surface area (Å²) < 4.78 is 5.06. The Kier molecular flexibility index (Phi) is 7.45. The highest BCUT2D eigenvalue weighted by atomic mass is 16.5. The molecule has 1 aliphatic rings. The highest BCUT2D eigenvalue weighted by Crippen LogP contribution is 2.09. The van der Waals surface area contributed by atoms with Crippen molar-refractivity contribution in [3.05, 3.63) is 0 Å². The Labute approximate surface area is 126 Å². The summed E-state index contributed by atoms with van der Waals surface area (Å²) in [6.45, 7) is 8.42. The zero-order chi connectivity index (χ0) is 15.8. The number of carboxylic acids is 1. The number of carboxylic acid groups (broad SMARTS) is 1. The standard InChI is InChI=1S/C14H27N3O4/c1-12(2)17(10-11-21-3)14(20)16-8-6-15(7-9-16)5-4-13(18)19/h12H,4-11H2,1-3H3,(H,18,19). The number of piperazine rings is 1. The van der Waals surface area contributed by atoms with Gasteiger partial charge in [0.15, 0.2) is 0 Å². The fourth-order valence-electron chi connectivity index (χ4n) is 2.36. The van der Waals surface area contributed by atoms with E-state index < -0.39 is 5.97 Å². The monoisotopic (exact) mass is 301 g/mol. The number of nitrogens with zero attached hydrogens (tertiary/aromatic N) is 3. The largest absolute Gasteiger partial charge is 0.481 e. The first-order valence-corrected chi connectivity index (χ1v) is 7.44. The molecule has 0 saturated carbocycles. The Hall–Kier alpha value is -1.34. The van der Waals surface area contributed by atoms with Gasteiger partial charge in [-0.05, 0) is 13.8 Å². The van der Waals surface area contributed by atoms with Crippen LogP contribution in [0.25, 0.3) is 0 Å². The van der Waals surface area contributed by atoms with Gasteiger partial charge in [0.2, 0.25) is 0 Å². The number of aliphatic carboxylic acids is 1. The van der Waals surface area contributed by atoms with Crippen LogP contribution >= 0.6 is 0 Å². The average Bonchev–Trinajstić information content (AvgIpc) is 2.45. The maximum Gasteiger partial charge on any atom is 0.320 e. The van der Waals surface area contributed by atoms with Gasteiger partial charge in [0.25, 0.3) is 0 Å². The zero-order valence-corrected chi connectivity index (χ0v) is 13.2. The van der Waals surface area contributed by atoms with Gasteiger partial charge in [-0.15, -0.1) is 0 Å². The first-order chi connectivity index (χ1) is 9.95. The smallest absolute Gasteiger partial charge is 0.320 e. The number of rotatable bonds is 7. The maximum absolute atomic E-state index is 12.5. The second kappa shape index (κ2) is 8.84. The van der Waals surface area contributed by atoms with E-state index >= 15 is 0 Å². The summed E-state index contributed by atoms with van der Waals surface area (Å²) in [6, 6.07) is 0.178. The minimum absolute atomic E-state index is 0.0416. The molecule has 122 valence electrons. The maximum atomic E-state index is 12.5. The van der Waals surface area contributed by atoms with Gasteiger partial charge in [-0.2, -0.15) is 0 Å². The highest BCUT2D eigenvalue weighted by Gasteiger charge is 2.26. The van der Waals surface area contributed by atoms with Crippen molar-refractivity contribution in [2.45, 2.75) is 26.3 Å². The van der Waals surface area contributed by atoms with Crippen LogP contribution in [0.4, 0.5) is 4.79 Å². The van der Waals surface area contributed by atoms with E-state index in [-0.39, 0.29) is 18.5 Å². The van der Waals surface area contributed by atoms with Crippen molar-refractivity contribution in [3.8, 4) is 0 Å². The van der Waals surface area contributed by atoms with Crippen molar-refractivity contribution in [1.82, 2.24) is 14.7 Å². The van der Waals surface area contributed by atoms with Gasteiger partial charge in [0, 0.05) is 52.4 Å². The molecule has 0 spiro atoms. The average molecular weight is 301 g/mol. The quantitative estimate of drug-likeness (QED) is 0.743. The van der Waals surface area contributed by atoms with Gasteiger partial charge in [-0.1, -0.05) is 0 Å². The molecular formula is C14H27N3O4. The van der Waals surface area contributed by atoms with Crippen molar-refractivity contribution in [3.63, 3.8) is 0 Å². The summed E-state index contributed by atoms with van der Waals surface area (Å²) in [6.07, 6.45) is 0.153. The molecule has 2 amide bonds. The Morgan fingerprint density at radius 3 is 2.33 bits per heavy atom. The molecule has 0 atom stereocenters. The van der Waals surface area contributed by atoms with Crippen LogP contribution in [-0.2, 0) is 9.53 Å². The molecule has 1 aliphatic heterocycles. The zero-order valence-electron chi connectivity index (χ0n) is 13.2. The number of ether oxygens (including phenoxy) is 1. The van der Waals surface area contributed by atoms with Crippen molar-refractivity contribution >= 4 is 12.0 Å². The third-order valence-corrected chi connectivity index (χ3v) is 3.69. The van der Waals surface area contributed by atoms with Crippen molar-refractivity contribution in [2.24, 2.45) is 0 Å². The topological polar surface area (TPSA) is 73.3 Å². The van der Waals surface area contributed by atoms with E-state index in [0.29, 0.717) is 32.8 Å². The van der Waals surface area contributed by atoms with Gasteiger partial charge in [-0.25, -0.2) is 4.79 Å². The number of urea groups is 1. The summed E-state index contributed by atoms with van der Waals surface area (Å²) >= 11 is 0. The summed E-state index contributed by atoms with van der Waals surface area (Å²) in [7, 11) is 1.63. The van der Waals surface area contributed by atoms with Crippen LogP contribution in [0.2, 0.25) is 0 Å². The van der Waals surface area contributed by atoms with Gasteiger partial charge in [-0.3, -0.25) is 9.69 Å².